The highest BCUT2D eigenvalue weighted by molar-refractivity contribution is 5.64. The minimum Gasteiger partial charge on any atom is -0.394 e. The van der Waals surface area contributed by atoms with E-state index in [9.17, 15) is 5.11 Å². The number of pyridine rings is 1. The molecule has 3 N–H and O–H groups in total. The Morgan fingerprint density at radius 1 is 1.27 bits per heavy atom. The molecule has 0 spiro atoms. The molecule has 140 valence electrons. The van der Waals surface area contributed by atoms with Gasteiger partial charge in [0.2, 0.25) is 5.95 Å². The van der Waals surface area contributed by atoms with Gasteiger partial charge in [0.25, 0.3) is 0 Å². The predicted molar refractivity (Wildman–Crippen MR) is 102 cm³/mol. The second-order valence-corrected chi connectivity index (χ2v) is 6.89. The molecular weight excluding hydrogens is 330 g/mol. The van der Waals surface area contributed by atoms with Crippen molar-refractivity contribution >= 4 is 11.8 Å². The number of aliphatic hydroxyl groups excluding tert-OH is 1. The summed E-state index contributed by atoms with van der Waals surface area (Å²) in [5.74, 6) is 1.50. The summed E-state index contributed by atoms with van der Waals surface area (Å²) in [6, 6.07) is 5.66. The van der Waals surface area contributed by atoms with Crippen molar-refractivity contribution in [1.82, 2.24) is 15.0 Å². The summed E-state index contributed by atoms with van der Waals surface area (Å²) in [5.41, 5.74) is 1.77. The standard InChI is InChI=1S/C19H27N5O2/c1-13(2)17(12-25)23-19-22-16(14-5-7-20-8-6-14)10-18(24-19)21-11-15-4-3-9-26-15/h5-8,10,13,15,17,25H,3-4,9,11-12H2,1-2H3,(H2,21,22,23,24)/t15-,17-/m0/s1. The third kappa shape index (κ3) is 4.89. The number of hydrogen-bond donors (Lipinski definition) is 3. The van der Waals surface area contributed by atoms with E-state index >= 15 is 0 Å². The molecule has 0 radical (unpaired) electrons. The average molecular weight is 357 g/mol. The number of anilines is 2. The van der Waals surface area contributed by atoms with E-state index in [1.54, 1.807) is 12.4 Å². The minimum atomic E-state index is -0.103. The lowest BCUT2D eigenvalue weighted by Gasteiger charge is -2.21. The molecule has 2 aromatic rings. The molecule has 7 nitrogen and oxygen atoms in total. The van der Waals surface area contributed by atoms with Crippen LogP contribution in [-0.2, 0) is 4.74 Å². The molecule has 1 aliphatic rings. The van der Waals surface area contributed by atoms with Gasteiger partial charge in [-0.25, -0.2) is 4.98 Å². The maximum Gasteiger partial charge on any atom is 0.225 e. The fourth-order valence-electron chi connectivity index (χ4n) is 2.89. The number of nitrogens with one attached hydrogen (secondary N) is 2. The fraction of sp³-hybridized carbons (Fsp3) is 0.526. The van der Waals surface area contributed by atoms with E-state index in [0.29, 0.717) is 5.95 Å². The first-order valence-corrected chi connectivity index (χ1v) is 9.18. The summed E-state index contributed by atoms with van der Waals surface area (Å²) in [4.78, 5) is 13.3. The Balaban J connectivity index is 1.83. The van der Waals surface area contributed by atoms with E-state index in [0.717, 1.165) is 43.1 Å². The third-order valence-electron chi connectivity index (χ3n) is 4.55. The lowest BCUT2D eigenvalue weighted by molar-refractivity contribution is 0.120. The predicted octanol–water partition coefficient (Wildman–Crippen LogP) is 2.56. The number of rotatable bonds is 8. The van der Waals surface area contributed by atoms with Gasteiger partial charge in [-0.15, -0.1) is 0 Å². The summed E-state index contributed by atoms with van der Waals surface area (Å²) in [5, 5.41) is 16.2. The summed E-state index contributed by atoms with van der Waals surface area (Å²) in [6.07, 6.45) is 5.90. The molecule has 0 saturated carbocycles. The molecule has 1 fully saturated rings. The van der Waals surface area contributed by atoms with Crippen molar-refractivity contribution in [2.45, 2.75) is 38.8 Å². The Morgan fingerprint density at radius 2 is 2.08 bits per heavy atom. The van der Waals surface area contributed by atoms with Gasteiger partial charge in [-0.05, 0) is 30.9 Å². The Morgan fingerprint density at radius 3 is 2.73 bits per heavy atom. The molecule has 0 aromatic carbocycles. The van der Waals surface area contributed by atoms with Crippen LogP contribution in [0.15, 0.2) is 30.6 Å². The highest BCUT2D eigenvalue weighted by Crippen LogP contribution is 2.22. The molecular formula is C19H27N5O2. The van der Waals surface area contributed by atoms with Crippen LogP contribution < -0.4 is 10.6 Å². The van der Waals surface area contributed by atoms with Gasteiger partial charge in [0.05, 0.1) is 24.4 Å². The first-order valence-electron chi connectivity index (χ1n) is 9.18. The Hall–Kier alpha value is -2.25. The maximum absolute atomic E-state index is 9.60. The highest BCUT2D eigenvalue weighted by atomic mass is 16.5. The topological polar surface area (TPSA) is 92.2 Å². The molecule has 2 aromatic heterocycles. The lowest BCUT2D eigenvalue weighted by atomic mass is 10.1. The summed E-state index contributed by atoms with van der Waals surface area (Å²) in [6.45, 7) is 5.69. The van der Waals surface area contributed by atoms with Crippen LogP contribution >= 0.6 is 0 Å². The molecule has 1 aliphatic heterocycles. The van der Waals surface area contributed by atoms with Gasteiger partial charge in [0, 0.05) is 37.2 Å². The Bertz CT molecular complexity index is 690. The van der Waals surface area contributed by atoms with Crippen LogP contribution in [0.1, 0.15) is 26.7 Å². The van der Waals surface area contributed by atoms with Gasteiger partial charge >= 0.3 is 0 Å². The Kier molecular flexibility index (Phi) is 6.35. The van der Waals surface area contributed by atoms with E-state index in [-0.39, 0.29) is 24.7 Å². The van der Waals surface area contributed by atoms with Gasteiger partial charge < -0.3 is 20.5 Å². The molecule has 3 rings (SSSR count). The highest BCUT2D eigenvalue weighted by Gasteiger charge is 2.17. The number of aliphatic hydroxyl groups is 1. The largest absolute Gasteiger partial charge is 0.394 e. The van der Waals surface area contributed by atoms with Crippen LogP contribution in [0.5, 0.6) is 0 Å². The second-order valence-electron chi connectivity index (χ2n) is 6.89. The van der Waals surface area contributed by atoms with E-state index in [1.165, 1.54) is 0 Å². The van der Waals surface area contributed by atoms with Gasteiger partial charge in [0.15, 0.2) is 0 Å². The van der Waals surface area contributed by atoms with Crippen LogP contribution in [0.2, 0.25) is 0 Å². The summed E-state index contributed by atoms with van der Waals surface area (Å²) >= 11 is 0. The molecule has 1 saturated heterocycles. The summed E-state index contributed by atoms with van der Waals surface area (Å²) < 4.78 is 5.67. The van der Waals surface area contributed by atoms with Crippen LogP contribution in [0.3, 0.4) is 0 Å². The molecule has 3 heterocycles. The van der Waals surface area contributed by atoms with Crippen molar-refractivity contribution in [3.05, 3.63) is 30.6 Å². The zero-order valence-electron chi connectivity index (χ0n) is 15.4. The zero-order chi connectivity index (χ0) is 18.4. The third-order valence-corrected chi connectivity index (χ3v) is 4.55. The van der Waals surface area contributed by atoms with Crippen molar-refractivity contribution in [3.8, 4) is 11.3 Å². The molecule has 2 atom stereocenters. The van der Waals surface area contributed by atoms with E-state index < -0.39 is 0 Å². The first-order chi connectivity index (χ1) is 12.7. The number of hydrogen-bond acceptors (Lipinski definition) is 7. The zero-order valence-corrected chi connectivity index (χ0v) is 15.4. The van der Waals surface area contributed by atoms with Gasteiger partial charge in [-0.1, -0.05) is 13.8 Å². The maximum atomic E-state index is 9.60. The van der Waals surface area contributed by atoms with Crippen molar-refractivity contribution in [2.75, 3.05) is 30.4 Å². The van der Waals surface area contributed by atoms with Crippen molar-refractivity contribution < 1.29 is 9.84 Å². The van der Waals surface area contributed by atoms with Crippen molar-refractivity contribution in [1.29, 1.82) is 0 Å². The molecule has 0 aliphatic carbocycles. The van der Waals surface area contributed by atoms with Crippen LogP contribution in [0, 0.1) is 5.92 Å². The number of nitrogens with zero attached hydrogens (tertiary/aromatic N) is 3. The normalized spacial score (nSPS) is 18.1. The lowest BCUT2D eigenvalue weighted by Crippen LogP contribution is -2.30. The van der Waals surface area contributed by atoms with E-state index in [1.807, 2.05) is 18.2 Å². The van der Waals surface area contributed by atoms with Gasteiger partial charge in [0.1, 0.15) is 5.82 Å². The monoisotopic (exact) mass is 357 g/mol. The number of ether oxygens (including phenoxy) is 1. The average Bonchev–Trinajstić information content (AvgIpc) is 3.18. The fourth-order valence-corrected chi connectivity index (χ4v) is 2.89. The van der Waals surface area contributed by atoms with Gasteiger partial charge in [-0.3, -0.25) is 4.98 Å². The van der Waals surface area contributed by atoms with Gasteiger partial charge in [-0.2, -0.15) is 4.98 Å². The van der Waals surface area contributed by atoms with E-state index in [4.69, 9.17) is 4.74 Å². The quantitative estimate of drug-likeness (QED) is 0.668. The molecule has 26 heavy (non-hydrogen) atoms. The summed E-state index contributed by atoms with van der Waals surface area (Å²) in [7, 11) is 0. The molecule has 0 unspecified atom stereocenters. The molecule has 0 bridgehead atoms. The van der Waals surface area contributed by atoms with Crippen LogP contribution in [0.4, 0.5) is 11.8 Å². The first kappa shape index (κ1) is 18.5. The van der Waals surface area contributed by atoms with Crippen molar-refractivity contribution in [3.63, 3.8) is 0 Å². The number of aromatic nitrogens is 3. The van der Waals surface area contributed by atoms with E-state index in [2.05, 4.69) is 39.4 Å². The minimum absolute atomic E-state index is 0.0270. The second kappa shape index (κ2) is 8.91. The Labute approximate surface area is 154 Å². The SMILES string of the molecule is CC(C)[C@H](CO)Nc1nc(NC[C@@H]2CCCO2)cc(-c2ccncc2)n1. The molecule has 0 amide bonds. The van der Waals surface area contributed by atoms with Crippen LogP contribution in [0.25, 0.3) is 11.3 Å². The van der Waals surface area contributed by atoms with Crippen LogP contribution in [-0.4, -0.2) is 52.0 Å². The van der Waals surface area contributed by atoms with Crippen molar-refractivity contribution in [2.24, 2.45) is 5.92 Å². The molecule has 7 heteroatoms. The smallest absolute Gasteiger partial charge is 0.225 e.